The molecular formula is H8O8Pd2S. The van der Waals surface area contributed by atoms with E-state index in [2.05, 4.69) is 0 Å². The molecule has 0 rings (SSSR count). The Balaban J connectivity index is -0.00000000533. The van der Waals surface area contributed by atoms with Gasteiger partial charge in [0.05, 0.1) is 0 Å². The number of hydrogen-bond donors (Lipinski definition) is 0. The van der Waals surface area contributed by atoms with Crippen LogP contribution < -0.4 is 0 Å². The van der Waals surface area contributed by atoms with E-state index in [1.54, 1.807) is 0 Å². The van der Waals surface area contributed by atoms with Crippen molar-refractivity contribution in [3.8, 4) is 0 Å². The Kier molecular flexibility index (Phi) is 118. The van der Waals surface area contributed by atoms with Gasteiger partial charge in [0, 0.05) is 30.8 Å². The summed E-state index contributed by atoms with van der Waals surface area (Å²) in [6.45, 7) is 0. The van der Waals surface area contributed by atoms with Crippen molar-refractivity contribution >= 4 is 10.4 Å². The molecule has 0 atom stereocenters. The van der Waals surface area contributed by atoms with Crippen LogP contribution in [-0.4, -0.2) is 39.4 Å². The molecule has 11 heavy (non-hydrogen) atoms. The molecule has 0 saturated heterocycles. The molecule has 0 heterocycles. The first kappa shape index (κ1) is 57.8. The second-order valence-corrected chi connectivity index (χ2v) is 1.22. The average Bonchev–Trinajstić information content (AvgIpc) is 0.722. The van der Waals surface area contributed by atoms with Crippen LogP contribution in [0.4, 0.5) is 0 Å². The van der Waals surface area contributed by atoms with E-state index in [1.165, 1.54) is 0 Å². The van der Waals surface area contributed by atoms with Gasteiger partial charge in [0.15, 0.2) is 0 Å². The van der Waals surface area contributed by atoms with Crippen LogP contribution in [0.1, 0.15) is 0 Å². The summed E-state index contributed by atoms with van der Waals surface area (Å²) in [5.41, 5.74) is 0. The zero-order chi connectivity index (χ0) is 4.50. The molecule has 8 N–H and O–H groups in total. The smallest absolute Gasteiger partial charge is 0.759 e. The van der Waals surface area contributed by atoms with Gasteiger partial charge in [0.2, 0.25) is 0 Å². The van der Waals surface area contributed by atoms with Gasteiger partial charge in [-0.15, -0.1) is 0 Å². The van der Waals surface area contributed by atoms with Crippen LogP contribution in [0.2, 0.25) is 0 Å². The SMILES string of the molecule is O.O.O.O.O=S(=O)([O-])[O-].[Pd+2].[Pd]. The Morgan fingerprint density at radius 2 is 0.818 bits per heavy atom. The third-order valence-electron chi connectivity index (χ3n) is 0. The summed E-state index contributed by atoms with van der Waals surface area (Å²) >= 11 is 0. The summed E-state index contributed by atoms with van der Waals surface area (Å²) in [5.74, 6) is 0. The van der Waals surface area contributed by atoms with E-state index in [4.69, 9.17) is 17.5 Å². The molecule has 0 aromatic rings. The summed E-state index contributed by atoms with van der Waals surface area (Å²) in [6, 6.07) is 0. The van der Waals surface area contributed by atoms with Crippen molar-refractivity contribution in [1.29, 1.82) is 0 Å². The fraction of sp³-hybridized carbons (Fsp3) is 0. The molecule has 0 aromatic carbocycles. The molecule has 0 amide bonds. The van der Waals surface area contributed by atoms with E-state index in [0.29, 0.717) is 0 Å². The van der Waals surface area contributed by atoms with Gasteiger partial charge < -0.3 is 31.0 Å². The summed E-state index contributed by atoms with van der Waals surface area (Å²) in [6.07, 6.45) is 0. The largest absolute Gasteiger partial charge is 2.00 e. The minimum atomic E-state index is -5.17. The van der Waals surface area contributed by atoms with E-state index in [0.717, 1.165) is 0 Å². The predicted molar refractivity (Wildman–Crippen MR) is 24.9 cm³/mol. The van der Waals surface area contributed by atoms with Crippen molar-refractivity contribution < 1.29 is 80.3 Å². The summed E-state index contributed by atoms with van der Waals surface area (Å²) < 4.78 is 34.1. The second-order valence-electron chi connectivity index (χ2n) is 0.408. The van der Waals surface area contributed by atoms with E-state index in [9.17, 15) is 0 Å². The molecule has 0 aliphatic carbocycles. The van der Waals surface area contributed by atoms with Gasteiger partial charge in [0.1, 0.15) is 0 Å². The zero-order valence-corrected chi connectivity index (χ0v) is 8.60. The van der Waals surface area contributed by atoms with Crippen molar-refractivity contribution in [3.63, 3.8) is 0 Å². The Morgan fingerprint density at radius 1 is 0.818 bits per heavy atom. The molecule has 11 heteroatoms. The van der Waals surface area contributed by atoms with Crippen LogP contribution in [0.15, 0.2) is 0 Å². The molecular weight excluding hydrogens is 373 g/mol. The molecule has 0 fully saturated rings. The van der Waals surface area contributed by atoms with Crippen molar-refractivity contribution in [1.82, 2.24) is 0 Å². The molecule has 8 nitrogen and oxygen atoms in total. The van der Waals surface area contributed by atoms with Gasteiger partial charge in [0.25, 0.3) is 0 Å². The van der Waals surface area contributed by atoms with E-state index < -0.39 is 10.4 Å². The maximum absolute atomic E-state index is 8.52. The predicted octanol–water partition coefficient (Wildman–Crippen LogP) is -4.64. The average molecular weight is 381 g/mol. The molecule has 0 aliphatic rings. The molecule has 0 bridgehead atoms. The molecule has 0 saturated carbocycles. The van der Waals surface area contributed by atoms with Crippen molar-refractivity contribution in [3.05, 3.63) is 0 Å². The molecule has 0 unspecified atom stereocenters. The first-order valence-electron chi connectivity index (χ1n) is 0.667. The van der Waals surface area contributed by atoms with Gasteiger partial charge in [-0.1, -0.05) is 0 Å². The van der Waals surface area contributed by atoms with E-state index >= 15 is 0 Å². The Bertz CT molecular complexity index is 95.3. The van der Waals surface area contributed by atoms with Gasteiger partial charge in [-0.25, -0.2) is 0 Å². The first-order valence-corrected chi connectivity index (χ1v) is 2.00. The van der Waals surface area contributed by atoms with Crippen molar-refractivity contribution in [2.24, 2.45) is 0 Å². The van der Waals surface area contributed by atoms with E-state index in [1.807, 2.05) is 0 Å². The Hall–Kier alpha value is 1.03. The minimum Gasteiger partial charge on any atom is -0.759 e. The van der Waals surface area contributed by atoms with Crippen LogP contribution in [-0.2, 0) is 51.2 Å². The maximum Gasteiger partial charge on any atom is 2.00 e. The quantitative estimate of drug-likeness (QED) is 0.230. The number of rotatable bonds is 0. The fourth-order valence-electron chi connectivity index (χ4n) is 0. The molecule has 0 aliphatic heterocycles. The molecule has 82 valence electrons. The van der Waals surface area contributed by atoms with Gasteiger partial charge in [-0.05, 0) is 0 Å². The summed E-state index contributed by atoms with van der Waals surface area (Å²) in [5, 5.41) is 0. The van der Waals surface area contributed by atoms with E-state index in [-0.39, 0.29) is 62.8 Å². The second kappa shape index (κ2) is 22.5. The normalized spacial score (nSPS) is 5.27. The standard InChI is InChI=1S/H2O4S.4H2O.2Pd/c1-5(2,3)4;;;;;;/h(H2,1,2,3,4);4*1H2;;/q;;;;;;+2/p-2. The number of hydrogen-bond acceptors (Lipinski definition) is 4. The topological polar surface area (TPSA) is 206 Å². The van der Waals surface area contributed by atoms with Crippen LogP contribution in [0.5, 0.6) is 0 Å². The minimum absolute atomic E-state index is 0. The molecule has 0 spiro atoms. The van der Waals surface area contributed by atoms with Gasteiger partial charge in [-0.2, -0.15) is 0 Å². The summed E-state index contributed by atoms with van der Waals surface area (Å²) in [4.78, 5) is 0. The Morgan fingerprint density at radius 3 is 0.818 bits per heavy atom. The van der Waals surface area contributed by atoms with Gasteiger partial charge in [-0.3, -0.25) is 8.42 Å². The van der Waals surface area contributed by atoms with Gasteiger partial charge >= 0.3 is 20.4 Å². The monoisotopic (exact) mass is 380 g/mol. The first-order chi connectivity index (χ1) is 2.00. The van der Waals surface area contributed by atoms with Crippen LogP contribution >= 0.6 is 0 Å². The third kappa shape index (κ3) is 841. The maximum atomic E-state index is 8.52. The third-order valence-corrected chi connectivity index (χ3v) is 0. The molecule has 0 aromatic heterocycles. The van der Waals surface area contributed by atoms with Crippen LogP contribution in [0.3, 0.4) is 0 Å². The van der Waals surface area contributed by atoms with Crippen LogP contribution in [0, 0.1) is 0 Å². The zero-order valence-electron chi connectivity index (χ0n) is 4.67. The fourth-order valence-corrected chi connectivity index (χ4v) is 0. The summed E-state index contributed by atoms with van der Waals surface area (Å²) in [7, 11) is -5.17. The van der Waals surface area contributed by atoms with Crippen LogP contribution in [0.25, 0.3) is 0 Å². The van der Waals surface area contributed by atoms with Crippen molar-refractivity contribution in [2.45, 2.75) is 0 Å². The Labute approximate surface area is 90.5 Å². The van der Waals surface area contributed by atoms with Crippen molar-refractivity contribution in [2.75, 3.05) is 0 Å². The molecule has 0 radical (unpaired) electrons.